The van der Waals surface area contributed by atoms with E-state index >= 15 is 0 Å². The van der Waals surface area contributed by atoms with Crippen LogP contribution in [0, 0.1) is 0 Å². The Balaban J connectivity index is 1.75. The van der Waals surface area contributed by atoms with Crippen LogP contribution in [0.4, 0.5) is 5.69 Å². The fraction of sp³-hybridized carbons (Fsp3) is 0.0588. The van der Waals surface area contributed by atoms with E-state index in [2.05, 4.69) is 28.1 Å². The molecule has 0 saturated heterocycles. The second-order valence-corrected chi connectivity index (χ2v) is 4.99. The average molecular weight is 283 g/mol. The zero-order valence-electron chi connectivity index (χ0n) is 11.0. The molecule has 0 radical (unpaired) electrons. The summed E-state index contributed by atoms with van der Waals surface area (Å²) in [6.07, 6.45) is 4.07. The number of hydrogen-bond donors (Lipinski definition) is 1. The van der Waals surface area contributed by atoms with Crippen molar-refractivity contribution in [2.24, 2.45) is 0 Å². The largest absolute Gasteiger partial charge is 0.381 e. The van der Waals surface area contributed by atoms with E-state index in [-0.39, 0.29) is 0 Å². The predicted octanol–water partition coefficient (Wildman–Crippen LogP) is 4.74. The highest BCUT2D eigenvalue weighted by molar-refractivity contribution is 6.31. The van der Waals surface area contributed by atoms with Gasteiger partial charge < -0.3 is 9.88 Å². The standard InChI is InChI=1S/C17H15ClN2/c18-17-9-2-1-6-14(17)13-19-15-7-5-8-16(12-15)20-10-3-4-11-20/h1-12,19H,13H2. The van der Waals surface area contributed by atoms with Gasteiger partial charge in [-0.2, -0.15) is 0 Å². The Morgan fingerprint density at radius 1 is 0.900 bits per heavy atom. The van der Waals surface area contributed by atoms with Crippen molar-refractivity contribution in [1.82, 2.24) is 4.57 Å². The molecule has 3 rings (SSSR count). The highest BCUT2D eigenvalue weighted by Gasteiger charge is 2.00. The molecule has 1 aromatic heterocycles. The number of anilines is 1. The molecule has 2 aromatic carbocycles. The van der Waals surface area contributed by atoms with E-state index in [0.717, 1.165) is 28.5 Å². The second kappa shape index (κ2) is 5.85. The van der Waals surface area contributed by atoms with Crippen LogP contribution in [0.2, 0.25) is 5.02 Å². The summed E-state index contributed by atoms with van der Waals surface area (Å²) in [6.45, 7) is 0.717. The van der Waals surface area contributed by atoms with E-state index in [0.29, 0.717) is 0 Å². The maximum absolute atomic E-state index is 6.16. The quantitative estimate of drug-likeness (QED) is 0.731. The molecule has 0 fully saturated rings. The average Bonchev–Trinajstić information content (AvgIpc) is 3.01. The highest BCUT2D eigenvalue weighted by Crippen LogP contribution is 2.19. The molecule has 0 atom stereocenters. The molecule has 0 spiro atoms. The zero-order chi connectivity index (χ0) is 13.8. The van der Waals surface area contributed by atoms with Crippen molar-refractivity contribution in [3.05, 3.63) is 83.6 Å². The van der Waals surface area contributed by atoms with Crippen LogP contribution in [-0.2, 0) is 6.54 Å². The van der Waals surface area contributed by atoms with E-state index in [4.69, 9.17) is 11.6 Å². The third-order valence-electron chi connectivity index (χ3n) is 3.19. The summed E-state index contributed by atoms with van der Waals surface area (Å²) in [6, 6.07) is 20.2. The fourth-order valence-electron chi connectivity index (χ4n) is 2.12. The Kier molecular flexibility index (Phi) is 3.75. The smallest absolute Gasteiger partial charge is 0.0469 e. The Bertz CT molecular complexity index is 690. The summed E-state index contributed by atoms with van der Waals surface area (Å²) in [5.74, 6) is 0. The number of nitrogens with one attached hydrogen (secondary N) is 1. The van der Waals surface area contributed by atoms with Gasteiger partial charge in [-0.15, -0.1) is 0 Å². The number of benzene rings is 2. The third-order valence-corrected chi connectivity index (χ3v) is 3.56. The van der Waals surface area contributed by atoms with Crippen molar-refractivity contribution >= 4 is 17.3 Å². The van der Waals surface area contributed by atoms with E-state index in [1.165, 1.54) is 0 Å². The van der Waals surface area contributed by atoms with Gasteiger partial charge in [-0.1, -0.05) is 35.9 Å². The fourth-order valence-corrected chi connectivity index (χ4v) is 2.32. The molecular weight excluding hydrogens is 268 g/mol. The highest BCUT2D eigenvalue weighted by atomic mass is 35.5. The van der Waals surface area contributed by atoms with E-state index in [1.54, 1.807) is 0 Å². The third kappa shape index (κ3) is 2.86. The van der Waals surface area contributed by atoms with Crippen molar-refractivity contribution in [3.8, 4) is 5.69 Å². The van der Waals surface area contributed by atoms with Gasteiger partial charge >= 0.3 is 0 Å². The molecule has 20 heavy (non-hydrogen) atoms. The molecule has 0 bridgehead atoms. The zero-order valence-corrected chi connectivity index (χ0v) is 11.7. The van der Waals surface area contributed by atoms with Crippen LogP contribution in [0.15, 0.2) is 73.1 Å². The molecule has 1 N–H and O–H groups in total. The lowest BCUT2D eigenvalue weighted by atomic mass is 10.2. The van der Waals surface area contributed by atoms with Crippen molar-refractivity contribution < 1.29 is 0 Å². The molecule has 0 aliphatic carbocycles. The Labute approximate surface area is 123 Å². The van der Waals surface area contributed by atoms with Gasteiger partial charge in [-0.25, -0.2) is 0 Å². The van der Waals surface area contributed by atoms with Gasteiger partial charge in [0, 0.05) is 35.3 Å². The SMILES string of the molecule is Clc1ccccc1CNc1cccc(-n2cccc2)c1. The topological polar surface area (TPSA) is 17.0 Å². The minimum atomic E-state index is 0.717. The molecule has 3 aromatic rings. The summed E-state index contributed by atoms with van der Waals surface area (Å²) >= 11 is 6.16. The maximum Gasteiger partial charge on any atom is 0.0469 e. The first-order valence-electron chi connectivity index (χ1n) is 6.53. The lowest BCUT2D eigenvalue weighted by molar-refractivity contribution is 1.07. The number of aromatic nitrogens is 1. The molecular formula is C17H15ClN2. The van der Waals surface area contributed by atoms with Crippen LogP contribution in [-0.4, -0.2) is 4.57 Å². The molecule has 0 unspecified atom stereocenters. The monoisotopic (exact) mass is 282 g/mol. The van der Waals surface area contributed by atoms with Crippen LogP contribution in [0.3, 0.4) is 0 Å². The van der Waals surface area contributed by atoms with Crippen molar-refractivity contribution in [2.45, 2.75) is 6.54 Å². The van der Waals surface area contributed by atoms with Gasteiger partial charge in [0.25, 0.3) is 0 Å². The van der Waals surface area contributed by atoms with E-state index in [9.17, 15) is 0 Å². The molecule has 0 amide bonds. The minimum Gasteiger partial charge on any atom is -0.381 e. The van der Waals surface area contributed by atoms with Crippen LogP contribution >= 0.6 is 11.6 Å². The second-order valence-electron chi connectivity index (χ2n) is 4.59. The minimum absolute atomic E-state index is 0.717. The molecule has 0 aliphatic heterocycles. The normalized spacial score (nSPS) is 10.4. The lowest BCUT2D eigenvalue weighted by Gasteiger charge is -2.10. The molecule has 3 heteroatoms. The van der Waals surface area contributed by atoms with Gasteiger partial charge in [0.15, 0.2) is 0 Å². The van der Waals surface area contributed by atoms with Crippen LogP contribution in [0.1, 0.15) is 5.56 Å². The lowest BCUT2D eigenvalue weighted by Crippen LogP contribution is -2.00. The first kappa shape index (κ1) is 12.8. The van der Waals surface area contributed by atoms with Crippen LogP contribution < -0.4 is 5.32 Å². The van der Waals surface area contributed by atoms with Crippen molar-refractivity contribution in [3.63, 3.8) is 0 Å². The summed E-state index contributed by atoms with van der Waals surface area (Å²) in [7, 11) is 0. The molecule has 0 aliphatic rings. The van der Waals surface area contributed by atoms with Gasteiger partial charge in [0.1, 0.15) is 0 Å². The molecule has 1 heterocycles. The first-order valence-corrected chi connectivity index (χ1v) is 6.91. The first-order chi connectivity index (χ1) is 9.83. The molecule has 2 nitrogen and oxygen atoms in total. The summed E-state index contributed by atoms with van der Waals surface area (Å²) in [4.78, 5) is 0. The van der Waals surface area contributed by atoms with Gasteiger partial charge in [0.05, 0.1) is 0 Å². The number of hydrogen-bond acceptors (Lipinski definition) is 1. The number of rotatable bonds is 4. The van der Waals surface area contributed by atoms with Gasteiger partial charge in [-0.05, 0) is 42.0 Å². The number of nitrogens with zero attached hydrogens (tertiary/aromatic N) is 1. The summed E-state index contributed by atoms with van der Waals surface area (Å²) in [5.41, 5.74) is 3.32. The van der Waals surface area contributed by atoms with Gasteiger partial charge in [0.2, 0.25) is 0 Å². The number of halogens is 1. The maximum atomic E-state index is 6.16. The molecule has 100 valence electrons. The Hall–Kier alpha value is -2.19. The van der Waals surface area contributed by atoms with Crippen molar-refractivity contribution in [2.75, 3.05) is 5.32 Å². The Morgan fingerprint density at radius 3 is 2.50 bits per heavy atom. The summed E-state index contributed by atoms with van der Waals surface area (Å²) in [5, 5.41) is 4.20. The van der Waals surface area contributed by atoms with Crippen LogP contribution in [0.5, 0.6) is 0 Å². The van der Waals surface area contributed by atoms with Crippen molar-refractivity contribution in [1.29, 1.82) is 0 Å². The van der Waals surface area contributed by atoms with E-state index in [1.807, 2.05) is 54.9 Å². The molecule has 0 saturated carbocycles. The van der Waals surface area contributed by atoms with Gasteiger partial charge in [-0.3, -0.25) is 0 Å². The van der Waals surface area contributed by atoms with E-state index < -0.39 is 0 Å². The Morgan fingerprint density at radius 2 is 1.70 bits per heavy atom. The van der Waals surface area contributed by atoms with Crippen LogP contribution in [0.25, 0.3) is 5.69 Å². The predicted molar refractivity (Wildman–Crippen MR) is 84.5 cm³/mol. The summed E-state index contributed by atoms with van der Waals surface area (Å²) < 4.78 is 2.08.